The van der Waals surface area contributed by atoms with Crippen molar-refractivity contribution in [2.45, 2.75) is 51.3 Å². The molecular formula is C24H28BrNO. The summed E-state index contributed by atoms with van der Waals surface area (Å²) in [7, 11) is 0. The molecule has 6 rings (SSSR count). The second-order valence-electron chi connectivity index (χ2n) is 8.86. The zero-order chi connectivity index (χ0) is 18.2. The third-order valence-electron chi connectivity index (χ3n) is 7.01. The van der Waals surface area contributed by atoms with Crippen LogP contribution in [0.3, 0.4) is 0 Å². The fourth-order valence-electron chi connectivity index (χ4n) is 6.05. The van der Waals surface area contributed by atoms with Gasteiger partial charge in [0, 0.05) is 22.6 Å². The van der Waals surface area contributed by atoms with Gasteiger partial charge in [-0.2, -0.15) is 0 Å². The second kappa shape index (κ2) is 7.60. The minimum Gasteiger partial charge on any atom is -0.489 e. The summed E-state index contributed by atoms with van der Waals surface area (Å²) in [5.74, 6) is 4.87. The Hall–Kier alpha value is -1.32. The predicted octanol–water partition coefficient (Wildman–Crippen LogP) is 5.94. The number of rotatable bonds is 6. The lowest BCUT2D eigenvalue weighted by Gasteiger charge is -2.54. The Balaban J connectivity index is 1.26. The SMILES string of the molecule is Brc1ccc(OCc2ccccc2)c(CNC2C3CC4CC(C3)CC2C4)c1. The minimum atomic E-state index is 0.619. The minimum absolute atomic E-state index is 0.619. The molecule has 4 bridgehead atoms. The standard InChI is InChI=1S/C24H28BrNO/c25-22-6-7-23(27-15-16-4-2-1-3-5-16)21(13-22)14-26-24-19-9-17-8-18(11-19)12-20(24)10-17/h1-7,13,17-20,24,26H,8-12,14-15H2. The quantitative estimate of drug-likeness (QED) is 0.617. The van der Waals surface area contributed by atoms with Crippen molar-refractivity contribution in [3.05, 3.63) is 64.1 Å². The van der Waals surface area contributed by atoms with Crippen LogP contribution in [-0.2, 0) is 13.2 Å². The van der Waals surface area contributed by atoms with E-state index in [0.717, 1.165) is 40.4 Å². The van der Waals surface area contributed by atoms with Gasteiger partial charge in [-0.15, -0.1) is 0 Å². The topological polar surface area (TPSA) is 21.3 Å². The van der Waals surface area contributed by atoms with E-state index in [0.29, 0.717) is 12.6 Å². The van der Waals surface area contributed by atoms with Crippen molar-refractivity contribution < 1.29 is 4.74 Å². The van der Waals surface area contributed by atoms with Crippen molar-refractivity contribution in [3.63, 3.8) is 0 Å². The van der Waals surface area contributed by atoms with Crippen molar-refractivity contribution in [2.24, 2.45) is 23.7 Å². The molecule has 0 unspecified atom stereocenters. The van der Waals surface area contributed by atoms with E-state index in [1.54, 1.807) is 0 Å². The number of halogens is 1. The van der Waals surface area contributed by atoms with E-state index in [9.17, 15) is 0 Å². The largest absolute Gasteiger partial charge is 0.489 e. The lowest BCUT2D eigenvalue weighted by atomic mass is 9.54. The van der Waals surface area contributed by atoms with Crippen LogP contribution in [0, 0.1) is 23.7 Å². The molecule has 2 aromatic carbocycles. The van der Waals surface area contributed by atoms with E-state index in [-0.39, 0.29) is 0 Å². The van der Waals surface area contributed by atoms with E-state index < -0.39 is 0 Å². The van der Waals surface area contributed by atoms with Crippen LogP contribution in [0.25, 0.3) is 0 Å². The molecule has 4 saturated carbocycles. The molecule has 27 heavy (non-hydrogen) atoms. The van der Waals surface area contributed by atoms with Gasteiger partial charge in [-0.25, -0.2) is 0 Å². The Kier molecular flexibility index (Phi) is 5.00. The van der Waals surface area contributed by atoms with Gasteiger partial charge in [-0.1, -0.05) is 46.3 Å². The fourth-order valence-corrected chi connectivity index (χ4v) is 6.46. The summed E-state index contributed by atoms with van der Waals surface area (Å²) in [6.07, 6.45) is 7.35. The first-order chi connectivity index (χ1) is 13.2. The van der Waals surface area contributed by atoms with Crippen molar-refractivity contribution in [1.29, 1.82) is 0 Å². The fraction of sp³-hybridized carbons (Fsp3) is 0.500. The van der Waals surface area contributed by atoms with E-state index in [1.807, 2.05) is 6.07 Å². The molecule has 1 N–H and O–H groups in total. The highest BCUT2D eigenvalue weighted by Gasteiger charge is 2.47. The smallest absolute Gasteiger partial charge is 0.124 e. The summed E-state index contributed by atoms with van der Waals surface area (Å²) in [6.45, 7) is 1.52. The van der Waals surface area contributed by atoms with Gasteiger partial charge in [0.05, 0.1) is 0 Å². The lowest BCUT2D eigenvalue weighted by Crippen LogP contribution is -2.54. The monoisotopic (exact) mass is 425 g/mol. The molecule has 0 spiro atoms. The highest BCUT2D eigenvalue weighted by Crippen LogP contribution is 2.53. The summed E-state index contributed by atoms with van der Waals surface area (Å²) < 4.78 is 7.30. The molecule has 142 valence electrons. The third-order valence-corrected chi connectivity index (χ3v) is 7.51. The van der Waals surface area contributed by atoms with Crippen molar-refractivity contribution >= 4 is 15.9 Å². The number of nitrogens with one attached hydrogen (secondary N) is 1. The van der Waals surface area contributed by atoms with Crippen LogP contribution in [0.15, 0.2) is 53.0 Å². The number of ether oxygens (including phenoxy) is 1. The summed E-state index contributed by atoms with van der Waals surface area (Å²) in [5, 5.41) is 3.95. The molecule has 0 saturated heterocycles. The molecular weight excluding hydrogens is 398 g/mol. The molecule has 2 nitrogen and oxygen atoms in total. The molecule has 3 heteroatoms. The molecule has 0 amide bonds. The highest BCUT2D eigenvalue weighted by atomic mass is 79.9. The zero-order valence-electron chi connectivity index (χ0n) is 15.7. The third kappa shape index (κ3) is 3.82. The Morgan fingerprint density at radius 1 is 0.889 bits per heavy atom. The van der Waals surface area contributed by atoms with Gasteiger partial charge < -0.3 is 10.1 Å². The molecule has 4 aliphatic carbocycles. The molecule has 0 aromatic heterocycles. The number of hydrogen-bond acceptors (Lipinski definition) is 2. The van der Waals surface area contributed by atoms with Gasteiger partial charge in [-0.3, -0.25) is 0 Å². The summed E-state index contributed by atoms with van der Waals surface area (Å²) in [5.41, 5.74) is 2.47. The molecule has 4 fully saturated rings. The Morgan fingerprint density at radius 2 is 1.59 bits per heavy atom. The first-order valence-electron chi connectivity index (χ1n) is 10.4. The summed E-state index contributed by atoms with van der Waals surface area (Å²) >= 11 is 3.64. The van der Waals surface area contributed by atoms with Gasteiger partial charge in [0.25, 0.3) is 0 Å². The van der Waals surface area contributed by atoms with Crippen molar-refractivity contribution in [1.82, 2.24) is 5.32 Å². The number of hydrogen-bond donors (Lipinski definition) is 1. The van der Waals surface area contributed by atoms with Gasteiger partial charge in [-0.05, 0) is 79.5 Å². The maximum atomic E-state index is 6.18. The van der Waals surface area contributed by atoms with Crippen LogP contribution >= 0.6 is 15.9 Å². The number of benzene rings is 2. The van der Waals surface area contributed by atoms with Crippen molar-refractivity contribution in [3.8, 4) is 5.75 Å². The predicted molar refractivity (Wildman–Crippen MR) is 113 cm³/mol. The first-order valence-corrected chi connectivity index (χ1v) is 11.2. The van der Waals surface area contributed by atoms with Crippen LogP contribution < -0.4 is 10.1 Å². The molecule has 2 aromatic rings. The molecule has 0 atom stereocenters. The second-order valence-corrected chi connectivity index (χ2v) is 9.78. The van der Waals surface area contributed by atoms with E-state index >= 15 is 0 Å². The average Bonchev–Trinajstić information content (AvgIpc) is 2.67. The van der Waals surface area contributed by atoms with Gasteiger partial charge >= 0.3 is 0 Å². The molecule has 0 radical (unpaired) electrons. The Bertz CT molecular complexity index is 762. The lowest BCUT2D eigenvalue weighted by molar-refractivity contribution is -0.0143. The first kappa shape index (κ1) is 17.8. The van der Waals surface area contributed by atoms with E-state index in [1.165, 1.54) is 43.2 Å². The zero-order valence-corrected chi connectivity index (χ0v) is 17.3. The normalized spacial score (nSPS) is 31.2. The van der Waals surface area contributed by atoms with Gasteiger partial charge in [0.2, 0.25) is 0 Å². The summed E-state index contributed by atoms with van der Waals surface area (Å²) in [6, 6.07) is 17.5. The van der Waals surface area contributed by atoms with Crippen molar-refractivity contribution in [2.75, 3.05) is 0 Å². The highest BCUT2D eigenvalue weighted by molar-refractivity contribution is 9.10. The maximum absolute atomic E-state index is 6.18. The van der Waals surface area contributed by atoms with Gasteiger partial charge in [0.1, 0.15) is 12.4 Å². The van der Waals surface area contributed by atoms with Crippen LogP contribution in [0.5, 0.6) is 5.75 Å². The average molecular weight is 426 g/mol. The van der Waals surface area contributed by atoms with Crippen LogP contribution in [0.4, 0.5) is 0 Å². The molecule has 4 aliphatic rings. The summed E-state index contributed by atoms with van der Waals surface area (Å²) in [4.78, 5) is 0. The maximum Gasteiger partial charge on any atom is 0.124 e. The van der Waals surface area contributed by atoms with E-state index in [4.69, 9.17) is 4.74 Å². The van der Waals surface area contributed by atoms with Crippen LogP contribution in [0.2, 0.25) is 0 Å². The Labute approximate surface area is 170 Å². The molecule has 0 heterocycles. The molecule has 0 aliphatic heterocycles. The van der Waals surface area contributed by atoms with Gasteiger partial charge in [0.15, 0.2) is 0 Å². The van der Waals surface area contributed by atoms with Crippen LogP contribution in [-0.4, -0.2) is 6.04 Å². The van der Waals surface area contributed by atoms with Crippen LogP contribution in [0.1, 0.15) is 43.2 Å². The Morgan fingerprint density at radius 3 is 2.30 bits per heavy atom. The van der Waals surface area contributed by atoms with E-state index in [2.05, 4.69) is 63.7 Å².